The van der Waals surface area contributed by atoms with Gasteiger partial charge >= 0.3 is 0 Å². The van der Waals surface area contributed by atoms with Crippen LogP contribution in [0.25, 0.3) is 0 Å². The molecule has 0 aromatic carbocycles. The predicted molar refractivity (Wildman–Crippen MR) is 69.0 cm³/mol. The Bertz CT molecular complexity index is 366. The van der Waals surface area contributed by atoms with Crippen molar-refractivity contribution >= 4 is 17.2 Å². The van der Waals surface area contributed by atoms with Gasteiger partial charge in [0.1, 0.15) is 5.69 Å². The number of hydrogen-bond donors (Lipinski definition) is 1. The third-order valence-corrected chi connectivity index (χ3v) is 4.23. The van der Waals surface area contributed by atoms with Crippen LogP contribution < -0.4 is 5.73 Å². The second kappa shape index (κ2) is 5.60. The summed E-state index contributed by atoms with van der Waals surface area (Å²) in [4.78, 5) is 18.1. The maximum absolute atomic E-state index is 12.2. The summed E-state index contributed by atoms with van der Waals surface area (Å²) in [6.45, 7) is 0.666. The Morgan fingerprint density at radius 3 is 3.00 bits per heavy atom. The summed E-state index contributed by atoms with van der Waals surface area (Å²) < 4.78 is 0. The van der Waals surface area contributed by atoms with Crippen molar-refractivity contribution in [2.45, 2.75) is 31.7 Å². The van der Waals surface area contributed by atoms with Gasteiger partial charge in [-0.25, -0.2) is 4.98 Å². The molecule has 1 aliphatic rings. The first-order valence-corrected chi connectivity index (χ1v) is 7.03. The number of nitrogens with two attached hydrogens (primary N) is 1. The zero-order valence-corrected chi connectivity index (χ0v) is 10.9. The second-order valence-electron chi connectivity index (χ2n) is 4.64. The molecule has 1 amide bonds. The number of hydrogen-bond acceptors (Lipinski definition) is 4. The third-order valence-electron chi connectivity index (χ3n) is 3.64. The lowest BCUT2D eigenvalue weighted by Gasteiger charge is -2.37. The van der Waals surface area contributed by atoms with E-state index in [0.29, 0.717) is 18.2 Å². The maximum Gasteiger partial charge on any atom is 0.273 e. The van der Waals surface area contributed by atoms with E-state index < -0.39 is 0 Å². The van der Waals surface area contributed by atoms with Crippen LogP contribution in [0.15, 0.2) is 10.9 Å². The Labute approximate surface area is 106 Å². The average Bonchev–Trinajstić information content (AvgIpc) is 2.90. The van der Waals surface area contributed by atoms with Crippen molar-refractivity contribution in [3.8, 4) is 0 Å². The lowest BCUT2D eigenvalue weighted by molar-refractivity contribution is 0.0615. The average molecular weight is 253 g/mol. The minimum absolute atomic E-state index is 0.0246. The summed E-state index contributed by atoms with van der Waals surface area (Å²) >= 11 is 1.46. The van der Waals surface area contributed by atoms with Gasteiger partial charge in [0.25, 0.3) is 5.91 Å². The van der Waals surface area contributed by atoms with Gasteiger partial charge < -0.3 is 10.6 Å². The van der Waals surface area contributed by atoms with Crippen LogP contribution in [0.4, 0.5) is 0 Å². The molecule has 94 valence electrons. The van der Waals surface area contributed by atoms with E-state index in [1.807, 2.05) is 11.9 Å². The normalized spacial score (nSPS) is 24.6. The third kappa shape index (κ3) is 2.66. The van der Waals surface area contributed by atoms with Gasteiger partial charge in [0.15, 0.2) is 0 Å². The van der Waals surface area contributed by atoms with Gasteiger partial charge in [-0.3, -0.25) is 4.79 Å². The largest absolute Gasteiger partial charge is 0.337 e. The molecule has 1 heterocycles. The van der Waals surface area contributed by atoms with Crippen molar-refractivity contribution in [1.82, 2.24) is 9.88 Å². The van der Waals surface area contributed by atoms with Gasteiger partial charge in [-0.05, 0) is 25.3 Å². The van der Waals surface area contributed by atoms with Crippen LogP contribution in [0, 0.1) is 5.92 Å². The van der Waals surface area contributed by atoms with Crippen molar-refractivity contribution in [1.29, 1.82) is 0 Å². The molecule has 1 saturated carbocycles. The molecule has 5 heteroatoms. The molecule has 0 spiro atoms. The van der Waals surface area contributed by atoms with E-state index in [4.69, 9.17) is 5.73 Å². The van der Waals surface area contributed by atoms with Crippen molar-refractivity contribution in [3.63, 3.8) is 0 Å². The van der Waals surface area contributed by atoms with Gasteiger partial charge in [0, 0.05) is 18.5 Å². The highest BCUT2D eigenvalue weighted by atomic mass is 32.1. The summed E-state index contributed by atoms with van der Waals surface area (Å²) in [6.07, 6.45) is 4.62. The van der Waals surface area contributed by atoms with E-state index in [9.17, 15) is 4.79 Å². The molecule has 0 bridgehead atoms. The van der Waals surface area contributed by atoms with Gasteiger partial charge in [0.2, 0.25) is 0 Å². The summed E-state index contributed by atoms with van der Waals surface area (Å²) in [5, 5.41) is 1.80. The van der Waals surface area contributed by atoms with Gasteiger partial charge in [-0.15, -0.1) is 11.3 Å². The molecule has 1 aromatic heterocycles. The van der Waals surface area contributed by atoms with Crippen LogP contribution in [-0.4, -0.2) is 35.4 Å². The minimum Gasteiger partial charge on any atom is -0.337 e. The monoisotopic (exact) mass is 253 g/mol. The topological polar surface area (TPSA) is 59.2 Å². The molecule has 2 N–H and O–H groups in total. The molecule has 17 heavy (non-hydrogen) atoms. The molecular weight excluding hydrogens is 234 g/mol. The molecule has 2 atom stereocenters. The first-order chi connectivity index (χ1) is 8.24. The minimum atomic E-state index is 0.0246. The number of nitrogens with zero attached hydrogens (tertiary/aromatic N) is 2. The van der Waals surface area contributed by atoms with Crippen LogP contribution in [0.2, 0.25) is 0 Å². The van der Waals surface area contributed by atoms with Crippen LogP contribution >= 0.6 is 11.3 Å². The number of thiazole rings is 1. The molecule has 4 nitrogen and oxygen atoms in total. The maximum atomic E-state index is 12.2. The fraction of sp³-hybridized carbons (Fsp3) is 0.667. The SMILES string of the molecule is CN(C(=O)c1cscn1)C1CCCCC1CN. The van der Waals surface area contributed by atoms with E-state index in [-0.39, 0.29) is 11.9 Å². The first kappa shape index (κ1) is 12.5. The highest BCUT2D eigenvalue weighted by molar-refractivity contribution is 7.07. The predicted octanol–water partition coefficient (Wildman–Crippen LogP) is 1.73. The smallest absolute Gasteiger partial charge is 0.273 e. The Hall–Kier alpha value is -0.940. The van der Waals surface area contributed by atoms with E-state index in [2.05, 4.69) is 4.98 Å². The quantitative estimate of drug-likeness (QED) is 0.892. The first-order valence-electron chi connectivity index (χ1n) is 6.09. The molecular formula is C12H19N3OS. The molecule has 1 aromatic rings. The summed E-state index contributed by atoms with van der Waals surface area (Å²) in [7, 11) is 1.88. The number of amides is 1. The Balaban J connectivity index is 2.07. The molecule has 0 aliphatic heterocycles. The number of rotatable bonds is 3. The molecule has 1 aliphatic carbocycles. The molecule has 2 rings (SSSR count). The zero-order chi connectivity index (χ0) is 12.3. The zero-order valence-electron chi connectivity index (χ0n) is 10.1. The van der Waals surface area contributed by atoms with Gasteiger partial charge in [0.05, 0.1) is 5.51 Å². The van der Waals surface area contributed by atoms with Gasteiger partial charge in [-0.1, -0.05) is 12.8 Å². The van der Waals surface area contributed by atoms with Crippen LogP contribution in [0.5, 0.6) is 0 Å². The van der Waals surface area contributed by atoms with Crippen LogP contribution in [0.1, 0.15) is 36.2 Å². The number of carbonyl (C=O) groups excluding carboxylic acids is 1. The van der Waals surface area contributed by atoms with Crippen LogP contribution in [-0.2, 0) is 0 Å². The molecule has 0 radical (unpaired) electrons. The lowest BCUT2D eigenvalue weighted by Crippen LogP contribution is -2.46. The van der Waals surface area contributed by atoms with Crippen molar-refractivity contribution in [3.05, 3.63) is 16.6 Å². The van der Waals surface area contributed by atoms with Crippen LogP contribution in [0.3, 0.4) is 0 Å². The second-order valence-corrected chi connectivity index (χ2v) is 5.36. The van der Waals surface area contributed by atoms with E-state index >= 15 is 0 Å². The molecule has 0 saturated heterocycles. The summed E-state index contributed by atoms with van der Waals surface area (Å²) in [6, 6.07) is 0.281. The highest BCUT2D eigenvalue weighted by Crippen LogP contribution is 2.27. The lowest BCUT2D eigenvalue weighted by atomic mass is 9.83. The van der Waals surface area contributed by atoms with E-state index in [1.165, 1.54) is 24.2 Å². The fourth-order valence-electron chi connectivity index (χ4n) is 2.62. The summed E-state index contributed by atoms with van der Waals surface area (Å²) in [5.74, 6) is 0.466. The standard InChI is InChI=1S/C12H19N3OS/c1-15(12(16)10-7-17-8-14-10)11-5-3-2-4-9(11)6-13/h7-9,11H,2-6,13H2,1H3. The van der Waals surface area contributed by atoms with E-state index in [0.717, 1.165) is 12.8 Å². The van der Waals surface area contributed by atoms with Crippen molar-refractivity contribution < 1.29 is 4.79 Å². The molecule has 2 unspecified atom stereocenters. The Morgan fingerprint density at radius 1 is 1.59 bits per heavy atom. The Morgan fingerprint density at radius 2 is 2.35 bits per heavy atom. The fourth-order valence-corrected chi connectivity index (χ4v) is 3.15. The summed E-state index contributed by atoms with van der Waals surface area (Å²) in [5.41, 5.74) is 8.05. The van der Waals surface area contributed by atoms with Crippen molar-refractivity contribution in [2.24, 2.45) is 11.7 Å². The highest BCUT2D eigenvalue weighted by Gasteiger charge is 2.30. The van der Waals surface area contributed by atoms with E-state index in [1.54, 1.807) is 10.9 Å². The van der Waals surface area contributed by atoms with Crippen molar-refractivity contribution in [2.75, 3.05) is 13.6 Å². The Kier molecular flexibility index (Phi) is 4.12. The number of aromatic nitrogens is 1. The molecule has 1 fully saturated rings. The number of carbonyl (C=O) groups is 1. The van der Waals surface area contributed by atoms with Gasteiger partial charge in [-0.2, -0.15) is 0 Å².